The Hall–Kier alpha value is -2.44. The maximum atomic E-state index is 12.4. The molecule has 1 heterocycles. The molecule has 27 heavy (non-hydrogen) atoms. The summed E-state index contributed by atoms with van der Waals surface area (Å²) in [6.07, 6.45) is 0. The van der Waals surface area contributed by atoms with Gasteiger partial charge in [0.15, 0.2) is 0 Å². The second-order valence-electron chi connectivity index (χ2n) is 6.73. The summed E-state index contributed by atoms with van der Waals surface area (Å²) in [6, 6.07) is 18.4. The fourth-order valence-corrected chi connectivity index (χ4v) is 3.90. The molecule has 5 nitrogen and oxygen atoms in total. The van der Waals surface area contributed by atoms with Crippen molar-refractivity contribution in [1.82, 2.24) is 15.3 Å². The molecule has 0 fully saturated rings. The molecule has 1 aromatic heterocycles. The van der Waals surface area contributed by atoms with Crippen LogP contribution in [-0.4, -0.2) is 42.3 Å². The zero-order valence-corrected chi connectivity index (χ0v) is 16.7. The third-order valence-electron chi connectivity index (χ3n) is 4.42. The quantitative estimate of drug-likeness (QED) is 0.486. The maximum Gasteiger partial charge on any atom is 0.230 e. The van der Waals surface area contributed by atoms with Crippen LogP contribution in [0.5, 0.6) is 0 Å². The number of thioether (sulfide) groups is 1. The fourth-order valence-electron chi connectivity index (χ4n) is 3.01. The first-order valence-corrected chi connectivity index (χ1v) is 10.0. The highest BCUT2D eigenvalue weighted by Crippen LogP contribution is 2.24. The lowest BCUT2D eigenvalue weighted by molar-refractivity contribution is -0.890. The van der Waals surface area contributed by atoms with Crippen LogP contribution >= 0.6 is 11.8 Å². The van der Waals surface area contributed by atoms with Crippen LogP contribution in [0.25, 0.3) is 10.9 Å². The van der Waals surface area contributed by atoms with Crippen LogP contribution in [0.2, 0.25) is 0 Å². The average molecular weight is 382 g/mol. The van der Waals surface area contributed by atoms with Gasteiger partial charge in [-0.05, 0) is 13.0 Å². The number of fused-ring (bicyclic) bond motifs is 1. The summed E-state index contributed by atoms with van der Waals surface area (Å²) in [7, 11) is 4.21. The van der Waals surface area contributed by atoms with E-state index in [2.05, 4.69) is 41.5 Å². The molecule has 6 heteroatoms. The Bertz CT molecular complexity index is 914. The van der Waals surface area contributed by atoms with Crippen molar-refractivity contribution in [2.45, 2.75) is 18.0 Å². The van der Waals surface area contributed by atoms with Crippen molar-refractivity contribution in [2.75, 3.05) is 26.4 Å². The first-order chi connectivity index (χ1) is 13.0. The molecule has 0 saturated heterocycles. The summed E-state index contributed by atoms with van der Waals surface area (Å²) in [5, 5.41) is 4.91. The van der Waals surface area contributed by atoms with Gasteiger partial charge in [-0.2, -0.15) is 0 Å². The number of benzene rings is 2. The molecule has 3 aromatic rings. The molecular formula is C21H25N4OS+. The van der Waals surface area contributed by atoms with Crippen LogP contribution in [-0.2, 0) is 4.79 Å². The van der Waals surface area contributed by atoms with E-state index in [0.717, 1.165) is 21.8 Å². The van der Waals surface area contributed by atoms with Gasteiger partial charge < -0.3 is 10.2 Å². The number of rotatable bonds is 7. The molecule has 140 valence electrons. The van der Waals surface area contributed by atoms with Crippen LogP contribution in [0, 0.1) is 6.92 Å². The number of carbonyl (C=O) groups is 1. The van der Waals surface area contributed by atoms with Crippen LogP contribution in [0.15, 0.2) is 59.6 Å². The minimum Gasteiger partial charge on any atom is -0.349 e. The highest BCUT2D eigenvalue weighted by molar-refractivity contribution is 8.00. The smallest absolute Gasteiger partial charge is 0.230 e. The standard InChI is InChI=1S/C21H24N4OS/c1-15-23-18-12-8-7-11-17(18)21(24-15)27-14-20(26)22-13-19(25(2)3)16-9-5-4-6-10-16/h4-12,19H,13-14H2,1-3H3,(H,22,26)/p+1/t19-/m1/s1. The van der Waals surface area contributed by atoms with Gasteiger partial charge >= 0.3 is 0 Å². The van der Waals surface area contributed by atoms with Crippen molar-refractivity contribution in [3.63, 3.8) is 0 Å². The molecule has 0 aliphatic heterocycles. The van der Waals surface area contributed by atoms with E-state index in [1.54, 1.807) is 0 Å². The van der Waals surface area contributed by atoms with Crippen molar-refractivity contribution in [2.24, 2.45) is 0 Å². The SMILES string of the molecule is Cc1nc(SCC(=O)NC[C@H](c2ccccc2)[NH+](C)C)c2ccccc2n1. The lowest BCUT2D eigenvalue weighted by atomic mass is 10.1. The van der Waals surface area contributed by atoms with Gasteiger partial charge in [0.1, 0.15) is 16.9 Å². The van der Waals surface area contributed by atoms with Crippen molar-refractivity contribution in [1.29, 1.82) is 0 Å². The van der Waals surface area contributed by atoms with Crippen LogP contribution < -0.4 is 10.2 Å². The number of amides is 1. The monoisotopic (exact) mass is 381 g/mol. The van der Waals surface area contributed by atoms with Gasteiger partial charge in [-0.1, -0.05) is 60.3 Å². The van der Waals surface area contributed by atoms with Crippen molar-refractivity contribution in [3.05, 3.63) is 66.0 Å². The normalized spacial score (nSPS) is 12.3. The largest absolute Gasteiger partial charge is 0.349 e. The highest BCUT2D eigenvalue weighted by Gasteiger charge is 2.18. The molecule has 1 amide bonds. The van der Waals surface area contributed by atoms with Gasteiger partial charge in [0.2, 0.25) is 5.91 Å². The summed E-state index contributed by atoms with van der Waals surface area (Å²) in [5.74, 6) is 1.07. The van der Waals surface area contributed by atoms with E-state index < -0.39 is 0 Å². The molecule has 0 aliphatic carbocycles. The summed E-state index contributed by atoms with van der Waals surface area (Å²) < 4.78 is 0. The second-order valence-corrected chi connectivity index (χ2v) is 7.69. The van der Waals surface area contributed by atoms with Crippen LogP contribution in [0.1, 0.15) is 17.4 Å². The molecule has 0 aliphatic rings. The number of likely N-dealkylation sites (N-methyl/N-ethyl adjacent to an activating group) is 1. The Balaban J connectivity index is 1.62. The number of hydrogen-bond acceptors (Lipinski definition) is 4. The van der Waals surface area contributed by atoms with E-state index in [4.69, 9.17) is 0 Å². The number of para-hydroxylation sites is 1. The lowest BCUT2D eigenvalue weighted by Gasteiger charge is -2.22. The first kappa shape index (κ1) is 19.3. The Kier molecular flexibility index (Phi) is 6.42. The third kappa shape index (κ3) is 5.05. The van der Waals surface area contributed by atoms with Crippen LogP contribution in [0.3, 0.4) is 0 Å². The molecule has 0 saturated carbocycles. The van der Waals surface area contributed by atoms with Crippen molar-refractivity contribution >= 4 is 28.6 Å². The fraction of sp³-hybridized carbons (Fsp3) is 0.286. The molecule has 0 spiro atoms. The summed E-state index contributed by atoms with van der Waals surface area (Å²) in [5.41, 5.74) is 2.14. The minimum atomic E-state index is 0.0162. The molecule has 2 aromatic carbocycles. The average Bonchev–Trinajstić information content (AvgIpc) is 2.66. The van der Waals surface area contributed by atoms with Gasteiger partial charge in [-0.25, -0.2) is 9.97 Å². The number of carbonyl (C=O) groups excluding carboxylic acids is 1. The topological polar surface area (TPSA) is 59.3 Å². The predicted molar refractivity (Wildman–Crippen MR) is 110 cm³/mol. The third-order valence-corrected chi connectivity index (χ3v) is 5.41. The number of aromatic nitrogens is 2. The van der Waals surface area contributed by atoms with Gasteiger partial charge in [-0.3, -0.25) is 4.79 Å². The van der Waals surface area contributed by atoms with E-state index in [0.29, 0.717) is 12.3 Å². The summed E-state index contributed by atoms with van der Waals surface area (Å²) in [4.78, 5) is 22.7. The second kappa shape index (κ2) is 8.97. The Morgan fingerprint density at radius 3 is 2.52 bits per heavy atom. The number of hydrogen-bond donors (Lipinski definition) is 2. The molecule has 3 rings (SSSR count). The van der Waals surface area contributed by atoms with Gasteiger partial charge in [0.25, 0.3) is 0 Å². The maximum absolute atomic E-state index is 12.4. The molecule has 0 bridgehead atoms. The lowest BCUT2D eigenvalue weighted by Crippen LogP contribution is -3.07. The Morgan fingerprint density at radius 2 is 1.78 bits per heavy atom. The first-order valence-electron chi connectivity index (χ1n) is 9.02. The van der Waals surface area contributed by atoms with Crippen LogP contribution in [0.4, 0.5) is 0 Å². The molecule has 0 unspecified atom stereocenters. The van der Waals surface area contributed by atoms with Crippen molar-refractivity contribution in [3.8, 4) is 0 Å². The Morgan fingerprint density at radius 1 is 1.07 bits per heavy atom. The van der Waals surface area contributed by atoms with E-state index >= 15 is 0 Å². The molecule has 0 radical (unpaired) electrons. The summed E-state index contributed by atoms with van der Waals surface area (Å²) in [6.45, 7) is 2.48. The zero-order valence-electron chi connectivity index (χ0n) is 15.9. The predicted octanol–water partition coefficient (Wildman–Crippen LogP) is 2.03. The van der Waals surface area contributed by atoms with E-state index in [1.807, 2.05) is 49.4 Å². The number of nitrogens with one attached hydrogen (secondary N) is 2. The number of quaternary nitrogens is 1. The number of nitrogens with zero attached hydrogens (tertiary/aromatic N) is 2. The molecular weight excluding hydrogens is 356 g/mol. The van der Waals surface area contributed by atoms with Gasteiger partial charge in [-0.15, -0.1) is 0 Å². The van der Waals surface area contributed by atoms with Crippen molar-refractivity contribution < 1.29 is 9.69 Å². The summed E-state index contributed by atoms with van der Waals surface area (Å²) >= 11 is 1.46. The number of aryl methyl sites for hydroxylation is 1. The van der Waals surface area contributed by atoms with Gasteiger partial charge in [0.05, 0.1) is 31.9 Å². The van der Waals surface area contributed by atoms with Gasteiger partial charge in [0, 0.05) is 10.9 Å². The van der Waals surface area contributed by atoms with E-state index in [-0.39, 0.29) is 11.9 Å². The van der Waals surface area contributed by atoms with E-state index in [9.17, 15) is 4.79 Å². The molecule has 1 atom stereocenters. The van der Waals surface area contributed by atoms with E-state index in [1.165, 1.54) is 22.2 Å². The highest BCUT2D eigenvalue weighted by atomic mass is 32.2. The zero-order chi connectivity index (χ0) is 19.2. The molecule has 2 N–H and O–H groups in total. The Labute approximate surface area is 164 Å². The minimum absolute atomic E-state index is 0.0162.